The topological polar surface area (TPSA) is 15.3 Å². The molecule has 1 aliphatic heterocycles. The summed E-state index contributed by atoms with van der Waals surface area (Å²) >= 11 is 0. The minimum absolute atomic E-state index is 0.814. The first kappa shape index (κ1) is 15.3. The van der Waals surface area contributed by atoms with E-state index in [0.29, 0.717) is 0 Å². The SMILES string of the molecule is CCC1CCCCCN1CCNC1CCCCCC1. The molecule has 0 aromatic carbocycles. The van der Waals surface area contributed by atoms with Crippen LogP contribution in [0.25, 0.3) is 0 Å². The normalized spacial score (nSPS) is 27.9. The molecule has 1 aliphatic carbocycles. The molecule has 1 saturated carbocycles. The van der Waals surface area contributed by atoms with Crippen molar-refractivity contribution in [3.8, 4) is 0 Å². The molecule has 1 heterocycles. The van der Waals surface area contributed by atoms with E-state index in [-0.39, 0.29) is 0 Å². The van der Waals surface area contributed by atoms with Crippen molar-refractivity contribution < 1.29 is 0 Å². The third-order valence-electron chi connectivity index (χ3n) is 5.16. The smallest absolute Gasteiger partial charge is 0.0110 e. The maximum Gasteiger partial charge on any atom is 0.0110 e. The fourth-order valence-corrected chi connectivity index (χ4v) is 3.89. The Morgan fingerprint density at radius 3 is 2.32 bits per heavy atom. The quantitative estimate of drug-likeness (QED) is 0.758. The van der Waals surface area contributed by atoms with E-state index in [1.165, 1.54) is 90.3 Å². The number of hydrogen-bond acceptors (Lipinski definition) is 2. The van der Waals surface area contributed by atoms with Crippen LogP contribution in [0.2, 0.25) is 0 Å². The summed E-state index contributed by atoms with van der Waals surface area (Å²) in [6.07, 6.45) is 15.7. The average molecular weight is 266 g/mol. The van der Waals surface area contributed by atoms with Gasteiger partial charge in [0.05, 0.1) is 0 Å². The first-order chi connectivity index (χ1) is 9.40. The fourth-order valence-electron chi connectivity index (χ4n) is 3.89. The Balaban J connectivity index is 1.67. The van der Waals surface area contributed by atoms with Gasteiger partial charge < -0.3 is 5.32 Å². The highest BCUT2D eigenvalue weighted by atomic mass is 15.2. The van der Waals surface area contributed by atoms with Crippen LogP contribution in [0.4, 0.5) is 0 Å². The third-order valence-corrected chi connectivity index (χ3v) is 5.16. The van der Waals surface area contributed by atoms with Crippen LogP contribution in [0.15, 0.2) is 0 Å². The molecule has 2 aliphatic rings. The Hall–Kier alpha value is -0.0800. The van der Waals surface area contributed by atoms with E-state index in [1.807, 2.05) is 0 Å². The molecule has 2 nitrogen and oxygen atoms in total. The summed E-state index contributed by atoms with van der Waals surface area (Å²) in [5, 5.41) is 3.83. The molecule has 0 spiro atoms. The number of nitrogens with zero attached hydrogens (tertiary/aromatic N) is 1. The highest BCUT2D eigenvalue weighted by molar-refractivity contribution is 4.76. The molecule has 1 atom stereocenters. The maximum absolute atomic E-state index is 3.83. The molecular weight excluding hydrogens is 232 g/mol. The van der Waals surface area contributed by atoms with Crippen molar-refractivity contribution in [2.45, 2.75) is 89.6 Å². The van der Waals surface area contributed by atoms with E-state index in [1.54, 1.807) is 0 Å². The van der Waals surface area contributed by atoms with E-state index in [4.69, 9.17) is 0 Å². The molecule has 2 rings (SSSR count). The highest BCUT2D eigenvalue weighted by Crippen LogP contribution is 2.19. The molecule has 2 fully saturated rings. The van der Waals surface area contributed by atoms with Gasteiger partial charge in [0, 0.05) is 25.2 Å². The molecule has 0 amide bonds. The number of hydrogen-bond donors (Lipinski definition) is 1. The molecule has 1 N–H and O–H groups in total. The van der Waals surface area contributed by atoms with Gasteiger partial charge in [0.15, 0.2) is 0 Å². The summed E-state index contributed by atoms with van der Waals surface area (Å²) in [6.45, 7) is 6.18. The number of nitrogens with one attached hydrogen (secondary N) is 1. The number of likely N-dealkylation sites (tertiary alicyclic amines) is 1. The van der Waals surface area contributed by atoms with Crippen molar-refractivity contribution in [1.29, 1.82) is 0 Å². The predicted octanol–water partition coefficient (Wildman–Crippen LogP) is 3.95. The Morgan fingerprint density at radius 2 is 1.58 bits per heavy atom. The van der Waals surface area contributed by atoms with Crippen molar-refractivity contribution in [3.63, 3.8) is 0 Å². The first-order valence-electron chi connectivity index (χ1n) is 8.87. The Morgan fingerprint density at radius 1 is 0.895 bits per heavy atom. The lowest BCUT2D eigenvalue weighted by Crippen LogP contribution is -2.41. The molecule has 0 aromatic rings. The Bertz CT molecular complexity index is 221. The zero-order valence-electron chi connectivity index (χ0n) is 13.0. The van der Waals surface area contributed by atoms with E-state index < -0.39 is 0 Å². The van der Waals surface area contributed by atoms with Crippen molar-refractivity contribution in [1.82, 2.24) is 10.2 Å². The summed E-state index contributed by atoms with van der Waals surface area (Å²) < 4.78 is 0. The zero-order valence-corrected chi connectivity index (χ0v) is 13.0. The van der Waals surface area contributed by atoms with Gasteiger partial charge in [0.2, 0.25) is 0 Å². The lowest BCUT2D eigenvalue weighted by atomic mass is 10.1. The lowest BCUT2D eigenvalue weighted by Gasteiger charge is -2.30. The molecule has 0 radical (unpaired) electrons. The molecule has 19 heavy (non-hydrogen) atoms. The maximum atomic E-state index is 3.83. The van der Waals surface area contributed by atoms with Gasteiger partial charge >= 0.3 is 0 Å². The van der Waals surface area contributed by atoms with Gasteiger partial charge in [-0.3, -0.25) is 4.90 Å². The lowest BCUT2D eigenvalue weighted by molar-refractivity contribution is 0.192. The van der Waals surface area contributed by atoms with E-state index in [2.05, 4.69) is 17.1 Å². The van der Waals surface area contributed by atoms with Gasteiger partial charge in [-0.15, -0.1) is 0 Å². The minimum Gasteiger partial charge on any atom is -0.313 e. The van der Waals surface area contributed by atoms with Crippen LogP contribution in [0.3, 0.4) is 0 Å². The van der Waals surface area contributed by atoms with Crippen LogP contribution in [0.1, 0.15) is 77.6 Å². The van der Waals surface area contributed by atoms with Crippen LogP contribution in [-0.2, 0) is 0 Å². The van der Waals surface area contributed by atoms with E-state index in [0.717, 1.165) is 12.1 Å². The molecule has 1 saturated heterocycles. The van der Waals surface area contributed by atoms with E-state index in [9.17, 15) is 0 Å². The van der Waals surface area contributed by atoms with E-state index >= 15 is 0 Å². The summed E-state index contributed by atoms with van der Waals surface area (Å²) in [7, 11) is 0. The second-order valence-electron chi connectivity index (χ2n) is 6.59. The number of rotatable bonds is 5. The van der Waals surface area contributed by atoms with Crippen molar-refractivity contribution in [2.24, 2.45) is 0 Å². The summed E-state index contributed by atoms with van der Waals surface area (Å²) in [5.41, 5.74) is 0. The van der Waals surface area contributed by atoms with Crippen LogP contribution >= 0.6 is 0 Å². The van der Waals surface area contributed by atoms with Crippen molar-refractivity contribution in [3.05, 3.63) is 0 Å². The van der Waals surface area contributed by atoms with Crippen LogP contribution in [-0.4, -0.2) is 36.6 Å². The van der Waals surface area contributed by atoms with Gasteiger partial charge in [-0.25, -0.2) is 0 Å². The van der Waals surface area contributed by atoms with Gasteiger partial charge in [0.1, 0.15) is 0 Å². The molecule has 0 bridgehead atoms. The van der Waals surface area contributed by atoms with Gasteiger partial charge in [-0.05, 0) is 38.6 Å². The highest BCUT2D eigenvalue weighted by Gasteiger charge is 2.19. The molecule has 0 aromatic heterocycles. The van der Waals surface area contributed by atoms with Crippen LogP contribution in [0.5, 0.6) is 0 Å². The largest absolute Gasteiger partial charge is 0.313 e. The Labute approximate surface area is 120 Å². The zero-order chi connectivity index (χ0) is 13.3. The van der Waals surface area contributed by atoms with Gasteiger partial charge in [-0.1, -0.05) is 45.4 Å². The first-order valence-corrected chi connectivity index (χ1v) is 8.87. The molecule has 1 unspecified atom stereocenters. The minimum atomic E-state index is 0.814. The van der Waals surface area contributed by atoms with Crippen LogP contribution in [0, 0.1) is 0 Å². The standard InChI is InChI=1S/C17H34N2/c1-2-17-12-8-5-9-14-19(17)15-13-18-16-10-6-3-4-7-11-16/h16-18H,2-15H2,1H3. The molecular formula is C17H34N2. The second kappa shape index (κ2) is 8.97. The van der Waals surface area contributed by atoms with Crippen molar-refractivity contribution in [2.75, 3.05) is 19.6 Å². The summed E-state index contributed by atoms with van der Waals surface area (Å²) in [6, 6.07) is 1.67. The molecule has 112 valence electrons. The molecule has 2 heteroatoms. The van der Waals surface area contributed by atoms with Crippen LogP contribution < -0.4 is 5.32 Å². The predicted molar refractivity (Wildman–Crippen MR) is 83.6 cm³/mol. The van der Waals surface area contributed by atoms with Crippen molar-refractivity contribution >= 4 is 0 Å². The second-order valence-corrected chi connectivity index (χ2v) is 6.59. The summed E-state index contributed by atoms with van der Waals surface area (Å²) in [5.74, 6) is 0. The Kier molecular flexibility index (Phi) is 7.23. The average Bonchev–Trinajstić information content (AvgIpc) is 2.81. The van der Waals surface area contributed by atoms with Gasteiger partial charge in [0.25, 0.3) is 0 Å². The monoisotopic (exact) mass is 266 g/mol. The third kappa shape index (κ3) is 5.43. The fraction of sp³-hybridized carbons (Fsp3) is 1.00. The summed E-state index contributed by atoms with van der Waals surface area (Å²) in [4.78, 5) is 2.76. The van der Waals surface area contributed by atoms with Gasteiger partial charge in [-0.2, -0.15) is 0 Å².